The molecule has 1 aromatic heterocycles. The summed E-state index contributed by atoms with van der Waals surface area (Å²) in [6.45, 7) is 1.56. The van der Waals surface area contributed by atoms with Gasteiger partial charge in [-0.3, -0.25) is 4.79 Å². The zero-order valence-electron chi connectivity index (χ0n) is 13.3. The van der Waals surface area contributed by atoms with Crippen molar-refractivity contribution in [1.82, 2.24) is 4.98 Å². The first kappa shape index (κ1) is 16.8. The fraction of sp³-hybridized carbons (Fsp3) is 0.294. The second kappa shape index (κ2) is 7.60. The van der Waals surface area contributed by atoms with Crippen molar-refractivity contribution < 1.29 is 24.1 Å². The molecule has 1 aromatic carbocycles. The molecule has 1 unspecified atom stereocenters. The Hall–Kier alpha value is -2.60. The smallest absolute Gasteiger partial charge is 0.212 e. The fourth-order valence-corrected chi connectivity index (χ4v) is 2.30. The molecule has 0 fully saturated rings. The van der Waals surface area contributed by atoms with Gasteiger partial charge < -0.3 is 19.3 Å². The Morgan fingerprint density at radius 1 is 1.26 bits per heavy atom. The minimum absolute atomic E-state index is 0.0189. The van der Waals surface area contributed by atoms with Crippen LogP contribution in [0.25, 0.3) is 0 Å². The van der Waals surface area contributed by atoms with Gasteiger partial charge in [-0.25, -0.2) is 4.98 Å². The minimum Gasteiger partial charge on any atom is -0.507 e. The van der Waals surface area contributed by atoms with Crippen molar-refractivity contribution in [3.05, 3.63) is 47.7 Å². The average Bonchev–Trinajstić information content (AvgIpc) is 2.55. The molecule has 0 aliphatic rings. The number of phenols is 1. The van der Waals surface area contributed by atoms with E-state index in [9.17, 15) is 9.90 Å². The van der Waals surface area contributed by atoms with Crippen LogP contribution in [0.2, 0.25) is 0 Å². The number of aromatic nitrogens is 1. The van der Waals surface area contributed by atoms with Crippen molar-refractivity contribution in [1.29, 1.82) is 0 Å². The van der Waals surface area contributed by atoms with Gasteiger partial charge in [-0.2, -0.15) is 0 Å². The number of rotatable bonds is 7. The summed E-state index contributed by atoms with van der Waals surface area (Å²) in [5.74, 6) is 0.198. The van der Waals surface area contributed by atoms with E-state index in [0.29, 0.717) is 22.8 Å². The van der Waals surface area contributed by atoms with E-state index in [4.69, 9.17) is 14.2 Å². The van der Waals surface area contributed by atoms with Crippen molar-refractivity contribution in [3.8, 4) is 17.4 Å². The molecule has 23 heavy (non-hydrogen) atoms. The number of ketones is 1. The Kier molecular flexibility index (Phi) is 5.54. The van der Waals surface area contributed by atoms with Crippen LogP contribution < -0.4 is 9.47 Å². The third-order valence-electron chi connectivity index (χ3n) is 3.36. The highest BCUT2D eigenvalue weighted by atomic mass is 16.7. The van der Waals surface area contributed by atoms with Crippen LogP contribution in [0.4, 0.5) is 0 Å². The van der Waals surface area contributed by atoms with Gasteiger partial charge in [0.25, 0.3) is 0 Å². The highest BCUT2D eigenvalue weighted by molar-refractivity contribution is 5.87. The summed E-state index contributed by atoms with van der Waals surface area (Å²) in [4.78, 5) is 16.2. The normalized spacial score (nSPS) is 11.8. The van der Waals surface area contributed by atoms with Crippen molar-refractivity contribution >= 4 is 5.78 Å². The number of phenolic OH excluding ortho intramolecular Hbond substituents is 1. The van der Waals surface area contributed by atoms with Crippen LogP contribution in [0, 0.1) is 0 Å². The van der Waals surface area contributed by atoms with Crippen LogP contribution >= 0.6 is 0 Å². The Balaban J connectivity index is 2.35. The molecular formula is C17H19NO5. The molecule has 2 aromatic rings. The van der Waals surface area contributed by atoms with E-state index in [-0.39, 0.29) is 18.3 Å². The van der Waals surface area contributed by atoms with Gasteiger partial charge in [0.05, 0.1) is 13.0 Å². The van der Waals surface area contributed by atoms with Crippen LogP contribution in [0.3, 0.4) is 0 Å². The first-order valence-corrected chi connectivity index (χ1v) is 7.02. The number of Topliss-reactive ketones (excluding diaryl/α,β-unsaturated/α-hetero) is 1. The highest BCUT2D eigenvalue weighted by Gasteiger charge is 2.23. The van der Waals surface area contributed by atoms with E-state index in [2.05, 4.69) is 4.98 Å². The van der Waals surface area contributed by atoms with E-state index in [1.54, 1.807) is 30.5 Å². The summed E-state index contributed by atoms with van der Waals surface area (Å²) in [6.07, 6.45) is 1.57. The number of nitrogens with zero attached hydrogens (tertiary/aromatic N) is 1. The van der Waals surface area contributed by atoms with E-state index in [1.807, 2.05) is 0 Å². The fourth-order valence-electron chi connectivity index (χ4n) is 2.30. The molecule has 0 saturated carbocycles. The van der Waals surface area contributed by atoms with Crippen molar-refractivity contribution in [2.24, 2.45) is 0 Å². The van der Waals surface area contributed by atoms with E-state index >= 15 is 0 Å². The number of hydrogen-bond donors (Lipinski definition) is 1. The van der Waals surface area contributed by atoms with Gasteiger partial charge in [-0.05, 0) is 18.6 Å². The molecule has 1 atom stereocenters. The Labute approximate surface area is 134 Å². The van der Waals surface area contributed by atoms with E-state index in [1.165, 1.54) is 27.2 Å². The van der Waals surface area contributed by atoms with Crippen LogP contribution in [0.1, 0.15) is 24.0 Å². The number of aromatic hydroxyl groups is 1. The molecular weight excluding hydrogens is 298 g/mol. The van der Waals surface area contributed by atoms with Crippen molar-refractivity contribution in [2.45, 2.75) is 12.8 Å². The number of pyridine rings is 1. The molecule has 0 bridgehead atoms. The Morgan fingerprint density at radius 2 is 2.04 bits per heavy atom. The molecule has 6 heteroatoms. The summed E-state index contributed by atoms with van der Waals surface area (Å²) in [7, 11) is 3.03. The zero-order valence-corrected chi connectivity index (χ0v) is 13.3. The molecule has 0 amide bonds. The predicted molar refractivity (Wildman–Crippen MR) is 83.9 cm³/mol. The quantitative estimate of drug-likeness (QED) is 0.791. The number of benzene rings is 1. The lowest BCUT2D eigenvalue weighted by Crippen LogP contribution is -2.11. The van der Waals surface area contributed by atoms with Gasteiger partial charge in [-0.1, -0.05) is 12.1 Å². The molecule has 6 nitrogen and oxygen atoms in total. The number of methoxy groups -OCH3 is 2. The van der Waals surface area contributed by atoms with Gasteiger partial charge in [0.1, 0.15) is 17.3 Å². The van der Waals surface area contributed by atoms with Gasteiger partial charge in [0.2, 0.25) is 5.88 Å². The molecule has 1 N–H and O–H groups in total. The maximum Gasteiger partial charge on any atom is 0.212 e. The van der Waals surface area contributed by atoms with Crippen LogP contribution in [-0.2, 0) is 9.53 Å². The molecule has 2 rings (SSSR count). The molecule has 0 aliphatic heterocycles. The van der Waals surface area contributed by atoms with Crippen molar-refractivity contribution in [3.63, 3.8) is 0 Å². The third-order valence-corrected chi connectivity index (χ3v) is 3.36. The molecule has 1 heterocycles. The number of carbonyl (C=O) groups is 1. The Morgan fingerprint density at radius 3 is 2.57 bits per heavy atom. The lowest BCUT2D eigenvalue weighted by molar-refractivity contribution is -0.117. The lowest BCUT2D eigenvalue weighted by Gasteiger charge is -2.17. The molecule has 0 spiro atoms. The SMILES string of the molecule is COCOc1ccc(C(C(C)=O)c2ccc(OC)nc2)c(O)c1. The summed E-state index contributed by atoms with van der Waals surface area (Å²) >= 11 is 0. The van der Waals surface area contributed by atoms with Crippen LogP contribution in [0.15, 0.2) is 36.5 Å². The van der Waals surface area contributed by atoms with Gasteiger partial charge in [-0.15, -0.1) is 0 Å². The molecule has 122 valence electrons. The summed E-state index contributed by atoms with van der Waals surface area (Å²) in [5, 5.41) is 10.3. The average molecular weight is 317 g/mol. The van der Waals surface area contributed by atoms with Crippen LogP contribution in [-0.4, -0.2) is 36.9 Å². The zero-order chi connectivity index (χ0) is 16.8. The second-order valence-corrected chi connectivity index (χ2v) is 4.95. The van der Waals surface area contributed by atoms with Gasteiger partial charge >= 0.3 is 0 Å². The first-order chi connectivity index (χ1) is 11.1. The van der Waals surface area contributed by atoms with Gasteiger partial charge in [0, 0.05) is 31.0 Å². The number of carbonyl (C=O) groups excluding carboxylic acids is 1. The minimum atomic E-state index is -0.607. The molecule has 0 aliphatic carbocycles. The number of hydrogen-bond acceptors (Lipinski definition) is 6. The topological polar surface area (TPSA) is 77.9 Å². The Bertz CT molecular complexity index is 669. The van der Waals surface area contributed by atoms with Gasteiger partial charge in [0.15, 0.2) is 6.79 Å². The summed E-state index contributed by atoms with van der Waals surface area (Å²) in [5.41, 5.74) is 1.17. The first-order valence-electron chi connectivity index (χ1n) is 7.02. The second-order valence-electron chi connectivity index (χ2n) is 4.95. The third kappa shape index (κ3) is 3.98. The summed E-state index contributed by atoms with van der Waals surface area (Å²) in [6, 6.07) is 8.24. The number of ether oxygens (including phenoxy) is 3. The predicted octanol–water partition coefficient (Wildman–Crippen LogP) is 2.50. The largest absolute Gasteiger partial charge is 0.507 e. The molecule has 0 saturated heterocycles. The monoisotopic (exact) mass is 317 g/mol. The molecule has 0 radical (unpaired) electrons. The van der Waals surface area contributed by atoms with E-state index in [0.717, 1.165) is 0 Å². The lowest BCUT2D eigenvalue weighted by atomic mass is 9.88. The van der Waals surface area contributed by atoms with Crippen LogP contribution in [0.5, 0.6) is 17.4 Å². The standard InChI is InChI=1S/C17H19NO5/c1-11(19)17(12-4-7-16(22-3)18-9-12)14-6-5-13(8-15(14)20)23-10-21-2/h4-9,17,20H,10H2,1-3H3. The highest BCUT2D eigenvalue weighted by Crippen LogP contribution is 2.34. The van der Waals surface area contributed by atoms with E-state index < -0.39 is 5.92 Å². The maximum absolute atomic E-state index is 12.1. The summed E-state index contributed by atoms with van der Waals surface area (Å²) < 4.78 is 15.1. The van der Waals surface area contributed by atoms with Crippen molar-refractivity contribution in [2.75, 3.05) is 21.0 Å². The maximum atomic E-state index is 12.1.